The SMILES string of the molecule is CCCc1nccn1CCCC(C)(NCC)C(N)=O. The first kappa shape index (κ1) is 15.7. The van der Waals surface area contributed by atoms with Crippen molar-refractivity contribution in [3.63, 3.8) is 0 Å². The maximum Gasteiger partial charge on any atom is 0.237 e. The monoisotopic (exact) mass is 266 g/mol. The lowest BCUT2D eigenvalue weighted by Crippen LogP contribution is -2.53. The van der Waals surface area contributed by atoms with Gasteiger partial charge in [-0.15, -0.1) is 0 Å². The molecule has 5 nitrogen and oxygen atoms in total. The minimum Gasteiger partial charge on any atom is -0.368 e. The van der Waals surface area contributed by atoms with Crippen LogP contribution in [0.4, 0.5) is 0 Å². The largest absolute Gasteiger partial charge is 0.368 e. The topological polar surface area (TPSA) is 72.9 Å². The van der Waals surface area contributed by atoms with Gasteiger partial charge in [-0.05, 0) is 32.7 Å². The number of likely N-dealkylation sites (N-methyl/N-ethyl adjacent to an activating group) is 1. The summed E-state index contributed by atoms with van der Waals surface area (Å²) in [5.74, 6) is 0.834. The Labute approximate surface area is 115 Å². The van der Waals surface area contributed by atoms with Gasteiger partial charge < -0.3 is 15.6 Å². The molecular weight excluding hydrogens is 240 g/mol. The molecule has 1 heterocycles. The van der Waals surface area contributed by atoms with E-state index in [9.17, 15) is 4.79 Å². The first-order chi connectivity index (χ1) is 9.03. The lowest BCUT2D eigenvalue weighted by molar-refractivity contribution is -0.124. The molecule has 1 aromatic rings. The van der Waals surface area contributed by atoms with Crippen molar-refractivity contribution in [3.05, 3.63) is 18.2 Å². The molecule has 5 heteroatoms. The number of aryl methyl sites for hydroxylation is 2. The number of nitrogens with one attached hydrogen (secondary N) is 1. The number of aromatic nitrogens is 2. The Balaban J connectivity index is 2.52. The number of nitrogens with two attached hydrogens (primary N) is 1. The van der Waals surface area contributed by atoms with Gasteiger partial charge in [-0.3, -0.25) is 4.79 Å². The van der Waals surface area contributed by atoms with Crippen molar-refractivity contribution in [2.75, 3.05) is 6.54 Å². The summed E-state index contributed by atoms with van der Waals surface area (Å²) in [4.78, 5) is 15.9. The number of imidazole rings is 1. The molecular formula is C14H26N4O. The van der Waals surface area contributed by atoms with Gasteiger partial charge >= 0.3 is 0 Å². The van der Waals surface area contributed by atoms with Crippen LogP contribution in [0, 0.1) is 0 Å². The van der Waals surface area contributed by atoms with Crippen LogP contribution in [0.1, 0.15) is 45.9 Å². The van der Waals surface area contributed by atoms with Crippen LogP contribution in [0.25, 0.3) is 0 Å². The van der Waals surface area contributed by atoms with Gasteiger partial charge in [0.25, 0.3) is 0 Å². The molecule has 0 aromatic carbocycles. The second-order valence-electron chi connectivity index (χ2n) is 5.12. The Morgan fingerprint density at radius 2 is 2.26 bits per heavy atom. The zero-order chi connectivity index (χ0) is 14.3. The van der Waals surface area contributed by atoms with E-state index in [2.05, 4.69) is 21.8 Å². The van der Waals surface area contributed by atoms with Gasteiger partial charge in [0.1, 0.15) is 5.82 Å². The fourth-order valence-corrected chi connectivity index (χ4v) is 2.29. The summed E-state index contributed by atoms with van der Waals surface area (Å²) in [7, 11) is 0. The average molecular weight is 266 g/mol. The van der Waals surface area contributed by atoms with Crippen molar-refractivity contribution in [3.8, 4) is 0 Å². The van der Waals surface area contributed by atoms with E-state index in [0.717, 1.165) is 44.6 Å². The third kappa shape index (κ3) is 4.35. The van der Waals surface area contributed by atoms with Crippen LogP contribution in [0.5, 0.6) is 0 Å². The smallest absolute Gasteiger partial charge is 0.237 e. The minimum atomic E-state index is -0.611. The van der Waals surface area contributed by atoms with Crippen molar-refractivity contribution in [1.29, 1.82) is 0 Å². The fourth-order valence-electron chi connectivity index (χ4n) is 2.29. The molecule has 0 aliphatic heterocycles. The third-order valence-electron chi connectivity index (χ3n) is 3.46. The molecule has 1 rings (SSSR count). The molecule has 0 fully saturated rings. The standard InChI is InChI=1S/C14H26N4O/c1-4-7-12-16-9-11-18(12)10-6-8-14(3,13(15)19)17-5-2/h9,11,17H,4-8,10H2,1-3H3,(H2,15,19). The average Bonchev–Trinajstić information content (AvgIpc) is 2.77. The van der Waals surface area contributed by atoms with E-state index in [1.54, 1.807) is 0 Å². The van der Waals surface area contributed by atoms with Crippen molar-refractivity contribution in [2.45, 2.75) is 58.5 Å². The van der Waals surface area contributed by atoms with E-state index in [-0.39, 0.29) is 5.91 Å². The normalized spacial score (nSPS) is 14.3. The highest BCUT2D eigenvalue weighted by Gasteiger charge is 2.29. The van der Waals surface area contributed by atoms with E-state index in [1.807, 2.05) is 26.2 Å². The number of carbonyl (C=O) groups excluding carboxylic acids is 1. The van der Waals surface area contributed by atoms with E-state index >= 15 is 0 Å². The number of hydrogen-bond donors (Lipinski definition) is 2. The summed E-state index contributed by atoms with van der Waals surface area (Å²) in [6.45, 7) is 7.62. The highest BCUT2D eigenvalue weighted by Crippen LogP contribution is 2.13. The second kappa shape index (κ2) is 7.28. The highest BCUT2D eigenvalue weighted by molar-refractivity contribution is 5.84. The maximum absolute atomic E-state index is 11.5. The van der Waals surface area contributed by atoms with Gasteiger partial charge in [0.2, 0.25) is 5.91 Å². The Hall–Kier alpha value is -1.36. The van der Waals surface area contributed by atoms with Crippen LogP contribution in [0.15, 0.2) is 12.4 Å². The molecule has 0 aliphatic rings. The quantitative estimate of drug-likeness (QED) is 0.711. The summed E-state index contributed by atoms with van der Waals surface area (Å²) >= 11 is 0. The van der Waals surface area contributed by atoms with E-state index in [1.165, 1.54) is 0 Å². The fraction of sp³-hybridized carbons (Fsp3) is 0.714. The molecule has 1 amide bonds. The van der Waals surface area contributed by atoms with Crippen LogP contribution >= 0.6 is 0 Å². The Kier molecular flexibility index (Phi) is 6.02. The lowest BCUT2D eigenvalue weighted by Gasteiger charge is -2.27. The van der Waals surface area contributed by atoms with Crippen LogP contribution in [-0.2, 0) is 17.8 Å². The predicted octanol–water partition coefficient (Wildman–Crippen LogP) is 1.47. The van der Waals surface area contributed by atoms with Gasteiger partial charge in [0.05, 0.1) is 5.54 Å². The number of carbonyl (C=O) groups is 1. The van der Waals surface area contributed by atoms with Crippen LogP contribution in [0.2, 0.25) is 0 Å². The molecule has 0 bridgehead atoms. The van der Waals surface area contributed by atoms with Crippen molar-refractivity contribution < 1.29 is 4.79 Å². The van der Waals surface area contributed by atoms with E-state index < -0.39 is 5.54 Å². The summed E-state index contributed by atoms with van der Waals surface area (Å²) in [6.07, 6.45) is 7.56. The first-order valence-corrected chi connectivity index (χ1v) is 7.08. The van der Waals surface area contributed by atoms with Crippen molar-refractivity contribution in [1.82, 2.24) is 14.9 Å². The van der Waals surface area contributed by atoms with Gasteiger partial charge in [-0.25, -0.2) is 4.98 Å². The zero-order valence-electron chi connectivity index (χ0n) is 12.3. The summed E-state index contributed by atoms with van der Waals surface area (Å²) < 4.78 is 2.16. The Morgan fingerprint density at radius 1 is 1.53 bits per heavy atom. The lowest BCUT2D eigenvalue weighted by atomic mass is 9.95. The van der Waals surface area contributed by atoms with E-state index in [0.29, 0.717) is 0 Å². The Morgan fingerprint density at radius 3 is 2.84 bits per heavy atom. The molecule has 1 unspecified atom stereocenters. The van der Waals surface area contributed by atoms with Gasteiger partial charge in [0.15, 0.2) is 0 Å². The van der Waals surface area contributed by atoms with Gasteiger partial charge in [-0.1, -0.05) is 13.8 Å². The van der Waals surface area contributed by atoms with Gasteiger partial charge in [0, 0.05) is 25.4 Å². The number of nitrogens with zero attached hydrogens (tertiary/aromatic N) is 2. The molecule has 108 valence electrons. The molecule has 1 aromatic heterocycles. The number of hydrogen-bond acceptors (Lipinski definition) is 3. The van der Waals surface area contributed by atoms with Crippen LogP contribution in [0.3, 0.4) is 0 Å². The second-order valence-corrected chi connectivity index (χ2v) is 5.12. The highest BCUT2D eigenvalue weighted by atomic mass is 16.1. The summed E-state index contributed by atoms with van der Waals surface area (Å²) in [6, 6.07) is 0. The summed E-state index contributed by atoms with van der Waals surface area (Å²) in [5.41, 5.74) is 4.86. The molecule has 0 saturated heterocycles. The van der Waals surface area contributed by atoms with Gasteiger partial charge in [-0.2, -0.15) is 0 Å². The third-order valence-corrected chi connectivity index (χ3v) is 3.46. The van der Waals surface area contributed by atoms with Crippen LogP contribution in [-0.4, -0.2) is 27.5 Å². The van der Waals surface area contributed by atoms with Crippen molar-refractivity contribution in [2.24, 2.45) is 5.73 Å². The number of amides is 1. The molecule has 0 aliphatic carbocycles. The molecule has 0 saturated carbocycles. The zero-order valence-corrected chi connectivity index (χ0v) is 12.3. The molecule has 19 heavy (non-hydrogen) atoms. The number of primary amides is 1. The van der Waals surface area contributed by atoms with Crippen molar-refractivity contribution >= 4 is 5.91 Å². The summed E-state index contributed by atoms with van der Waals surface area (Å²) in [5, 5.41) is 3.18. The first-order valence-electron chi connectivity index (χ1n) is 7.08. The Bertz CT molecular complexity index is 402. The molecule has 0 spiro atoms. The van der Waals surface area contributed by atoms with E-state index in [4.69, 9.17) is 5.73 Å². The molecule has 3 N–H and O–H groups in total. The molecule has 1 atom stereocenters. The van der Waals surface area contributed by atoms with Crippen LogP contribution < -0.4 is 11.1 Å². The molecule has 0 radical (unpaired) electrons. The predicted molar refractivity (Wildman–Crippen MR) is 76.7 cm³/mol. The minimum absolute atomic E-state index is 0.284. The number of rotatable bonds is 9. The maximum atomic E-state index is 11.5.